The number of unbranched alkanes of at least 4 members (excludes halogenated alkanes) is 30. The molecule has 414 valence electrons. The average molecular weight is 1000 g/mol. The van der Waals surface area contributed by atoms with Crippen LogP contribution < -0.4 is 0 Å². The third-order valence-corrected chi connectivity index (χ3v) is 13.1. The van der Waals surface area contributed by atoms with E-state index in [1.165, 1.54) is 161 Å². The van der Waals surface area contributed by atoms with E-state index in [4.69, 9.17) is 14.2 Å². The van der Waals surface area contributed by atoms with Gasteiger partial charge in [0.15, 0.2) is 6.10 Å². The first kappa shape index (κ1) is 68.6. The van der Waals surface area contributed by atoms with Crippen LogP contribution in [0.3, 0.4) is 0 Å². The van der Waals surface area contributed by atoms with Crippen molar-refractivity contribution in [1.29, 1.82) is 0 Å². The monoisotopic (exact) mass is 1000 g/mol. The third kappa shape index (κ3) is 57.5. The number of allylic oxidation sites excluding steroid dienone is 14. The predicted molar refractivity (Wildman–Crippen MR) is 311 cm³/mol. The average Bonchev–Trinajstić information content (AvgIpc) is 3.38. The Morgan fingerprint density at radius 1 is 0.292 bits per heavy atom. The highest BCUT2D eigenvalue weighted by molar-refractivity contribution is 5.71. The molecule has 0 aliphatic rings. The summed E-state index contributed by atoms with van der Waals surface area (Å²) in [4.78, 5) is 38.2. The molecule has 0 amide bonds. The maximum Gasteiger partial charge on any atom is 0.306 e. The maximum absolute atomic E-state index is 12.9. The first-order chi connectivity index (χ1) is 35.5. The van der Waals surface area contributed by atoms with Crippen LogP contribution in [0.25, 0.3) is 0 Å². The molecule has 0 aliphatic carbocycles. The molecule has 1 atom stereocenters. The normalized spacial score (nSPS) is 12.7. The Morgan fingerprint density at radius 3 is 0.889 bits per heavy atom. The van der Waals surface area contributed by atoms with Crippen molar-refractivity contribution in [2.45, 2.75) is 303 Å². The Hall–Kier alpha value is -3.41. The van der Waals surface area contributed by atoms with Gasteiger partial charge in [-0.2, -0.15) is 0 Å². The molecular formula is C66H114O6. The van der Waals surface area contributed by atoms with Crippen molar-refractivity contribution in [2.24, 2.45) is 0 Å². The molecule has 0 bridgehead atoms. The topological polar surface area (TPSA) is 78.9 Å². The molecule has 1 unspecified atom stereocenters. The van der Waals surface area contributed by atoms with Crippen LogP contribution in [0.2, 0.25) is 0 Å². The standard InChI is InChI=1S/C66H114O6/c1-4-7-10-13-16-19-22-25-27-29-31-33-35-37-39-41-44-47-50-53-56-59-65(68)71-62-63(61-70-64(67)58-55-52-49-46-43-24-21-18-15-12-9-6-3)72-66(69)60-57-54-51-48-45-42-40-38-36-34-32-30-28-26-23-20-17-14-11-8-5-2/h7,10,16,19,25,27,30-33,37,39,44,47,63H,4-6,8-9,11-15,17-18,20-24,26,28-29,34-36,38,40-43,45-46,48-62H2,1-3H3/b10-7-,19-16-,27-25-,32-30-,33-31-,39-37-,47-44-. The lowest BCUT2D eigenvalue weighted by Crippen LogP contribution is -2.30. The second-order valence-corrected chi connectivity index (χ2v) is 20.2. The van der Waals surface area contributed by atoms with Crippen LogP contribution in [-0.2, 0) is 28.6 Å². The third-order valence-electron chi connectivity index (χ3n) is 13.1. The minimum atomic E-state index is -0.795. The van der Waals surface area contributed by atoms with Crippen LogP contribution in [0, 0.1) is 0 Å². The van der Waals surface area contributed by atoms with Gasteiger partial charge in [0.1, 0.15) is 13.2 Å². The zero-order valence-corrected chi connectivity index (χ0v) is 47.4. The van der Waals surface area contributed by atoms with Crippen molar-refractivity contribution < 1.29 is 28.6 Å². The molecule has 0 saturated heterocycles. The van der Waals surface area contributed by atoms with E-state index < -0.39 is 6.10 Å². The van der Waals surface area contributed by atoms with Gasteiger partial charge in [-0.15, -0.1) is 0 Å². The number of carbonyl (C=O) groups is 3. The molecule has 0 aromatic rings. The number of carbonyl (C=O) groups excluding carboxylic acids is 3. The van der Waals surface area contributed by atoms with E-state index in [1.807, 2.05) is 0 Å². The Kier molecular flexibility index (Phi) is 57.3. The highest BCUT2D eigenvalue weighted by Gasteiger charge is 2.19. The summed E-state index contributed by atoms with van der Waals surface area (Å²) in [7, 11) is 0. The van der Waals surface area contributed by atoms with Gasteiger partial charge in [0.25, 0.3) is 0 Å². The molecule has 0 saturated carbocycles. The molecule has 0 aliphatic heterocycles. The second-order valence-electron chi connectivity index (χ2n) is 20.2. The van der Waals surface area contributed by atoms with Crippen molar-refractivity contribution in [2.75, 3.05) is 13.2 Å². The van der Waals surface area contributed by atoms with Gasteiger partial charge < -0.3 is 14.2 Å². The number of esters is 3. The number of rotatable bonds is 55. The van der Waals surface area contributed by atoms with Gasteiger partial charge in [-0.05, 0) is 96.3 Å². The molecule has 0 rings (SSSR count). The van der Waals surface area contributed by atoms with E-state index in [0.717, 1.165) is 96.3 Å². The van der Waals surface area contributed by atoms with Gasteiger partial charge >= 0.3 is 17.9 Å². The summed E-state index contributed by atoms with van der Waals surface area (Å²) in [6.45, 7) is 6.51. The van der Waals surface area contributed by atoms with Gasteiger partial charge in [0.2, 0.25) is 0 Å². The number of hydrogen-bond donors (Lipinski definition) is 0. The Bertz CT molecular complexity index is 1380. The van der Waals surface area contributed by atoms with E-state index in [-0.39, 0.29) is 31.1 Å². The second kappa shape index (κ2) is 60.1. The van der Waals surface area contributed by atoms with E-state index in [1.54, 1.807) is 0 Å². The molecule has 6 heteroatoms. The number of ether oxygens (including phenoxy) is 3. The first-order valence-corrected chi connectivity index (χ1v) is 30.6. The van der Waals surface area contributed by atoms with Crippen molar-refractivity contribution in [3.63, 3.8) is 0 Å². The fourth-order valence-electron chi connectivity index (χ4n) is 8.56. The van der Waals surface area contributed by atoms with E-state index in [2.05, 4.69) is 106 Å². The van der Waals surface area contributed by atoms with Crippen LogP contribution in [0.1, 0.15) is 297 Å². The Labute approximate surface area is 445 Å². The molecule has 0 aromatic carbocycles. The van der Waals surface area contributed by atoms with Crippen molar-refractivity contribution in [3.8, 4) is 0 Å². The molecule has 0 N–H and O–H groups in total. The van der Waals surface area contributed by atoms with Crippen LogP contribution in [0.15, 0.2) is 85.1 Å². The summed E-state index contributed by atoms with van der Waals surface area (Å²) in [5.74, 6) is -0.927. The zero-order valence-electron chi connectivity index (χ0n) is 47.4. The molecule has 0 fully saturated rings. The summed E-state index contributed by atoms with van der Waals surface area (Å²) >= 11 is 0. The van der Waals surface area contributed by atoms with Crippen LogP contribution in [0.4, 0.5) is 0 Å². The lowest BCUT2D eigenvalue weighted by Gasteiger charge is -2.18. The minimum Gasteiger partial charge on any atom is -0.462 e. The van der Waals surface area contributed by atoms with Gasteiger partial charge in [-0.1, -0.05) is 266 Å². The van der Waals surface area contributed by atoms with Crippen molar-refractivity contribution in [1.82, 2.24) is 0 Å². The summed E-state index contributed by atoms with van der Waals surface area (Å²) in [5.41, 5.74) is 0. The molecular weight excluding hydrogens is 889 g/mol. The Balaban J connectivity index is 4.40. The summed E-state index contributed by atoms with van der Waals surface area (Å²) in [6, 6.07) is 0. The van der Waals surface area contributed by atoms with Crippen LogP contribution >= 0.6 is 0 Å². The quantitative estimate of drug-likeness (QED) is 0.0261. The summed E-state index contributed by atoms with van der Waals surface area (Å²) < 4.78 is 16.9. The lowest BCUT2D eigenvalue weighted by atomic mass is 10.0. The minimum absolute atomic E-state index is 0.0889. The van der Waals surface area contributed by atoms with Gasteiger partial charge in [-0.3, -0.25) is 14.4 Å². The maximum atomic E-state index is 12.9. The van der Waals surface area contributed by atoms with Crippen molar-refractivity contribution >= 4 is 17.9 Å². The fourth-order valence-corrected chi connectivity index (χ4v) is 8.56. The zero-order chi connectivity index (χ0) is 52.2. The Morgan fingerprint density at radius 2 is 0.542 bits per heavy atom. The van der Waals surface area contributed by atoms with E-state index in [0.29, 0.717) is 19.3 Å². The molecule has 0 aromatic heterocycles. The molecule has 0 spiro atoms. The van der Waals surface area contributed by atoms with Gasteiger partial charge in [-0.25, -0.2) is 0 Å². The number of hydrogen-bond acceptors (Lipinski definition) is 6. The molecule has 0 heterocycles. The molecule has 0 radical (unpaired) electrons. The van der Waals surface area contributed by atoms with Gasteiger partial charge in [0.05, 0.1) is 0 Å². The fraction of sp³-hybridized carbons (Fsp3) is 0.742. The van der Waals surface area contributed by atoms with Gasteiger partial charge in [0, 0.05) is 19.3 Å². The lowest BCUT2D eigenvalue weighted by molar-refractivity contribution is -0.167. The summed E-state index contributed by atoms with van der Waals surface area (Å²) in [5, 5.41) is 0. The SMILES string of the molecule is CC/C=C\C/C=C\C/C=C\C/C=C\C/C=C\C/C=C\CCCCC(=O)OCC(COC(=O)CCCCCCCCCCCCCC)OC(=O)CCCCCCCCCCC/C=C\CCCCCCCCCC. The van der Waals surface area contributed by atoms with Crippen LogP contribution in [0.5, 0.6) is 0 Å². The molecule has 72 heavy (non-hydrogen) atoms. The summed E-state index contributed by atoms with van der Waals surface area (Å²) in [6.07, 6.45) is 78.7. The molecule has 6 nitrogen and oxygen atoms in total. The smallest absolute Gasteiger partial charge is 0.306 e. The highest BCUT2D eigenvalue weighted by atomic mass is 16.6. The largest absolute Gasteiger partial charge is 0.462 e. The van der Waals surface area contributed by atoms with Crippen LogP contribution in [-0.4, -0.2) is 37.2 Å². The first-order valence-electron chi connectivity index (χ1n) is 30.6. The predicted octanol–water partition coefficient (Wildman–Crippen LogP) is 20.7. The van der Waals surface area contributed by atoms with Crippen molar-refractivity contribution in [3.05, 3.63) is 85.1 Å². The van der Waals surface area contributed by atoms with E-state index >= 15 is 0 Å². The van der Waals surface area contributed by atoms with E-state index in [9.17, 15) is 14.4 Å². The highest BCUT2D eigenvalue weighted by Crippen LogP contribution is 2.16.